The van der Waals surface area contributed by atoms with Crippen LogP contribution in [0, 0.1) is 16.2 Å². The third-order valence-electron chi connectivity index (χ3n) is 8.71. The van der Waals surface area contributed by atoms with E-state index in [9.17, 15) is 4.79 Å². The average molecular weight is 549 g/mol. The normalized spacial score (nSPS) is 14.7. The maximum absolute atomic E-state index is 13.8. The number of unbranched alkanes of at least 4 members (excludes halogenated alkanes) is 1. The fourth-order valence-electron chi connectivity index (χ4n) is 5.02. The number of hydrogen-bond donors (Lipinski definition) is 0. The lowest BCUT2D eigenvalue weighted by atomic mass is 9.61. The van der Waals surface area contributed by atoms with Gasteiger partial charge in [0.15, 0.2) is 0 Å². The Morgan fingerprint density at radius 1 is 0.800 bits per heavy atom. The molecule has 1 atom stereocenters. The number of aryl methyl sites for hydroxylation is 1. The van der Waals surface area contributed by atoms with Gasteiger partial charge in [0.2, 0.25) is 0 Å². The van der Waals surface area contributed by atoms with Crippen LogP contribution in [0.3, 0.4) is 0 Å². The third-order valence-corrected chi connectivity index (χ3v) is 8.71. The van der Waals surface area contributed by atoms with Crippen molar-refractivity contribution < 1.29 is 18.7 Å². The number of esters is 1. The molecule has 1 aromatic heterocycles. The lowest BCUT2D eigenvalue weighted by molar-refractivity contribution is -0.195. The predicted molar refractivity (Wildman–Crippen MR) is 167 cm³/mol. The Labute approximate surface area is 242 Å². The van der Waals surface area contributed by atoms with Crippen LogP contribution in [0.4, 0.5) is 0 Å². The zero-order valence-electron chi connectivity index (χ0n) is 27.1. The summed E-state index contributed by atoms with van der Waals surface area (Å²) >= 11 is 0. The first kappa shape index (κ1) is 31.8. The molecular weight excluding hydrogens is 496 g/mol. The maximum atomic E-state index is 13.8. The minimum atomic E-state index is -0.892. The van der Waals surface area contributed by atoms with E-state index in [2.05, 4.69) is 78.8 Å². The van der Waals surface area contributed by atoms with Gasteiger partial charge in [0, 0.05) is 17.0 Å². The van der Waals surface area contributed by atoms with Crippen molar-refractivity contribution >= 4 is 16.9 Å². The molecule has 0 N–H and O–H groups in total. The number of carbonyl (C=O) groups excluding carboxylic acids is 1. The van der Waals surface area contributed by atoms with Crippen molar-refractivity contribution in [3.63, 3.8) is 0 Å². The van der Waals surface area contributed by atoms with Gasteiger partial charge in [-0.1, -0.05) is 79.2 Å². The third kappa shape index (κ3) is 7.11. The lowest BCUT2D eigenvalue weighted by Gasteiger charge is -2.47. The van der Waals surface area contributed by atoms with E-state index < -0.39 is 16.6 Å². The van der Waals surface area contributed by atoms with Crippen molar-refractivity contribution in [3.8, 4) is 17.1 Å². The van der Waals surface area contributed by atoms with E-state index in [1.54, 1.807) is 0 Å². The van der Waals surface area contributed by atoms with Crippen molar-refractivity contribution in [3.05, 3.63) is 54.1 Å². The molecule has 1 heterocycles. The topological polar surface area (TPSA) is 48.7 Å². The number of fused-ring (bicyclic) bond motifs is 1. The fraction of sp³-hybridized carbons (Fsp3) is 0.583. The zero-order chi connectivity index (χ0) is 30.1. The van der Waals surface area contributed by atoms with Gasteiger partial charge >= 0.3 is 5.97 Å². The summed E-state index contributed by atoms with van der Waals surface area (Å²) in [5.74, 6) is 1.32. The summed E-state index contributed by atoms with van der Waals surface area (Å²) in [7, 11) is 0. The van der Waals surface area contributed by atoms with Crippen LogP contribution in [0.2, 0.25) is 0 Å². The first-order chi connectivity index (χ1) is 18.3. The summed E-state index contributed by atoms with van der Waals surface area (Å²) in [5, 5.41) is 1.02. The lowest BCUT2D eigenvalue weighted by Crippen LogP contribution is -2.55. The molecule has 0 radical (unpaired) electrons. The molecule has 0 bridgehead atoms. The van der Waals surface area contributed by atoms with E-state index in [0.717, 1.165) is 35.1 Å². The number of rotatable bonds is 10. The molecule has 3 rings (SSSR count). The first-order valence-corrected chi connectivity index (χ1v) is 14.8. The molecule has 0 aliphatic heterocycles. The van der Waals surface area contributed by atoms with Gasteiger partial charge in [-0.15, -0.1) is 0 Å². The van der Waals surface area contributed by atoms with Crippen LogP contribution in [0.15, 0.2) is 52.9 Å². The number of carbonyl (C=O) groups is 1. The molecule has 0 aliphatic rings. The molecule has 40 heavy (non-hydrogen) atoms. The van der Waals surface area contributed by atoms with E-state index in [0.29, 0.717) is 5.75 Å². The summed E-state index contributed by atoms with van der Waals surface area (Å²) in [6, 6.07) is 16.6. The molecule has 0 fully saturated rings. The summed E-state index contributed by atoms with van der Waals surface area (Å²) in [6.07, 6.45) is 4.22. The molecule has 4 heteroatoms. The highest BCUT2D eigenvalue weighted by Crippen LogP contribution is 2.48. The Morgan fingerprint density at radius 2 is 1.43 bits per heavy atom. The molecule has 0 spiro atoms. The van der Waals surface area contributed by atoms with Crippen molar-refractivity contribution in [1.29, 1.82) is 0 Å². The van der Waals surface area contributed by atoms with Gasteiger partial charge in [-0.2, -0.15) is 0 Å². The number of hydrogen-bond acceptors (Lipinski definition) is 4. The monoisotopic (exact) mass is 548 g/mol. The first-order valence-electron chi connectivity index (χ1n) is 14.8. The molecule has 0 aliphatic carbocycles. The van der Waals surface area contributed by atoms with E-state index >= 15 is 0 Å². The minimum Gasteiger partial charge on any atom is -0.484 e. The number of benzene rings is 2. The smallest absolute Gasteiger partial charge is 0.313 e. The van der Waals surface area contributed by atoms with Gasteiger partial charge in [-0.3, -0.25) is 4.79 Å². The number of ether oxygens (including phenoxy) is 2. The predicted octanol–water partition coefficient (Wildman–Crippen LogP) is 10.4. The van der Waals surface area contributed by atoms with Gasteiger partial charge < -0.3 is 13.9 Å². The largest absolute Gasteiger partial charge is 0.484 e. The fourth-order valence-corrected chi connectivity index (χ4v) is 5.02. The minimum absolute atomic E-state index is 0.0222. The quantitative estimate of drug-likeness (QED) is 0.236. The Kier molecular flexibility index (Phi) is 8.94. The molecular formula is C36H52O4. The Bertz CT molecular complexity index is 1300. The van der Waals surface area contributed by atoms with Gasteiger partial charge in [0.25, 0.3) is 0 Å². The van der Waals surface area contributed by atoms with Crippen LogP contribution in [-0.2, 0) is 16.0 Å². The summed E-state index contributed by atoms with van der Waals surface area (Å²) in [4.78, 5) is 13.8. The van der Waals surface area contributed by atoms with Crippen molar-refractivity contribution in [2.75, 3.05) is 0 Å². The SMILES string of the molecule is CCCCc1ccc(-c2cc3ccc(OC(C)(C)C(C)(C)OC(=O)C(C)(CC(C)(C)C)C(C)(C)C)cc3o2)cc1. The van der Waals surface area contributed by atoms with Crippen LogP contribution in [0.25, 0.3) is 22.3 Å². The van der Waals surface area contributed by atoms with E-state index in [1.807, 2.05) is 52.8 Å². The Balaban J connectivity index is 1.80. The maximum Gasteiger partial charge on any atom is 0.313 e. The summed E-state index contributed by atoms with van der Waals surface area (Å²) in [5.41, 5.74) is 0.531. The highest BCUT2D eigenvalue weighted by Gasteiger charge is 2.52. The molecule has 0 amide bonds. The van der Waals surface area contributed by atoms with Crippen molar-refractivity contribution in [1.82, 2.24) is 0 Å². The van der Waals surface area contributed by atoms with Crippen LogP contribution in [-0.4, -0.2) is 17.2 Å². The van der Waals surface area contributed by atoms with Crippen LogP contribution < -0.4 is 4.74 Å². The van der Waals surface area contributed by atoms with Crippen LogP contribution in [0.1, 0.15) is 108 Å². The second-order valence-electron chi connectivity index (χ2n) is 14.9. The summed E-state index contributed by atoms with van der Waals surface area (Å²) < 4.78 is 19.1. The summed E-state index contributed by atoms with van der Waals surface area (Å²) in [6.45, 7) is 24.9. The highest BCUT2D eigenvalue weighted by atomic mass is 16.6. The van der Waals surface area contributed by atoms with E-state index in [1.165, 1.54) is 18.4 Å². The molecule has 1 unspecified atom stereocenters. The molecule has 3 aromatic rings. The van der Waals surface area contributed by atoms with Gasteiger partial charge in [0.05, 0.1) is 5.41 Å². The Hall–Kier alpha value is -2.75. The van der Waals surface area contributed by atoms with Crippen molar-refractivity contribution in [2.24, 2.45) is 16.2 Å². The average Bonchev–Trinajstić information content (AvgIpc) is 3.24. The molecule has 0 saturated heterocycles. The second-order valence-corrected chi connectivity index (χ2v) is 14.9. The van der Waals surface area contributed by atoms with E-state index in [4.69, 9.17) is 13.9 Å². The highest BCUT2D eigenvalue weighted by molar-refractivity contribution is 5.84. The van der Waals surface area contributed by atoms with Gasteiger partial charge in [0.1, 0.15) is 28.3 Å². The standard InChI is InChI=1S/C36H52O4/c1-13-14-15-25-16-18-26(19-17-25)29-22-27-20-21-28(23-30(27)38-29)39-34(8,9)35(10,11)40-31(37)36(12,33(5,6)7)24-32(2,3)4/h16-23H,13-15,24H2,1-12H3. The zero-order valence-corrected chi connectivity index (χ0v) is 27.1. The molecule has 4 nitrogen and oxygen atoms in total. The second kappa shape index (κ2) is 11.3. The molecule has 0 saturated carbocycles. The molecule has 2 aromatic carbocycles. The van der Waals surface area contributed by atoms with Gasteiger partial charge in [-0.05, 0) is 88.5 Å². The van der Waals surface area contributed by atoms with Crippen molar-refractivity contribution in [2.45, 2.75) is 120 Å². The van der Waals surface area contributed by atoms with Crippen LogP contribution in [0.5, 0.6) is 5.75 Å². The van der Waals surface area contributed by atoms with Gasteiger partial charge in [-0.25, -0.2) is 0 Å². The molecule has 220 valence electrons. The number of furan rings is 1. The van der Waals surface area contributed by atoms with E-state index in [-0.39, 0.29) is 16.8 Å². The van der Waals surface area contributed by atoms with Crippen LogP contribution >= 0.6 is 0 Å². The Morgan fingerprint density at radius 3 is 1.98 bits per heavy atom.